The number of hydrogen-bond donors (Lipinski definition) is 1. The Morgan fingerprint density at radius 2 is 1.88 bits per heavy atom. The number of amides is 1. The number of esters is 1. The van der Waals surface area contributed by atoms with Crippen LogP contribution >= 0.6 is 11.3 Å². The number of hydrogen-bond acceptors (Lipinski definition) is 5. The summed E-state index contributed by atoms with van der Waals surface area (Å²) < 4.78 is 4.82. The van der Waals surface area contributed by atoms with E-state index in [1.165, 1.54) is 18.4 Å². The van der Waals surface area contributed by atoms with Crippen LogP contribution in [0.25, 0.3) is 11.1 Å². The number of rotatable bonds is 3. The van der Waals surface area contributed by atoms with Crippen molar-refractivity contribution in [3.05, 3.63) is 46.2 Å². The molecule has 2 heterocycles. The normalized spacial score (nSPS) is 20.5. The lowest BCUT2D eigenvalue weighted by Gasteiger charge is -2.22. The molecule has 1 amide bonds. The van der Waals surface area contributed by atoms with Crippen molar-refractivity contribution in [3.8, 4) is 11.1 Å². The summed E-state index contributed by atoms with van der Waals surface area (Å²) >= 11 is 1.34. The molecule has 3 rings (SSSR count). The number of thiophene rings is 1. The zero-order valence-corrected chi connectivity index (χ0v) is 15.8. The zero-order chi connectivity index (χ0) is 18.7. The largest absolute Gasteiger partial charge is 0.465 e. The highest BCUT2D eigenvalue weighted by Gasteiger charge is 2.27. The molecule has 1 aromatic carbocycles. The highest BCUT2D eigenvalue weighted by molar-refractivity contribution is 7.12. The Hall–Kier alpha value is -2.18. The van der Waals surface area contributed by atoms with E-state index < -0.39 is 5.60 Å². The first-order valence-electron chi connectivity index (χ1n) is 8.69. The Labute approximate surface area is 157 Å². The summed E-state index contributed by atoms with van der Waals surface area (Å²) in [7, 11) is 1.37. The minimum absolute atomic E-state index is 0.0206. The molecule has 138 valence electrons. The zero-order valence-electron chi connectivity index (χ0n) is 15.0. The second kappa shape index (κ2) is 7.60. The van der Waals surface area contributed by atoms with Crippen molar-refractivity contribution in [3.63, 3.8) is 0 Å². The van der Waals surface area contributed by atoms with Gasteiger partial charge >= 0.3 is 5.97 Å². The predicted molar refractivity (Wildman–Crippen MR) is 101 cm³/mol. The van der Waals surface area contributed by atoms with E-state index in [2.05, 4.69) is 0 Å². The lowest BCUT2D eigenvalue weighted by atomic mass is 9.98. The van der Waals surface area contributed by atoms with Crippen molar-refractivity contribution in [2.45, 2.75) is 31.8 Å². The summed E-state index contributed by atoms with van der Waals surface area (Å²) in [4.78, 5) is 27.0. The highest BCUT2D eigenvalue weighted by atomic mass is 32.1. The van der Waals surface area contributed by atoms with Crippen LogP contribution in [0.3, 0.4) is 0 Å². The fraction of sp³-hybridized carbons (Fsp3) is 0.400. The fourth-order valence-corrected chi connectivity index (χ4v) is 4.06. The minimum atomic E-state index is -0.692. The summed E-state index contributed by atoms with van der Waals surface area (Å²) in [6.45, 7) is 3.05. The molecule has 0 bridgehead atoms. The van der Waals surface area contributed by atoms with Gasteiger partial charge in [0.2, 0.25) is 0 Å². The Morgan fingerprint density at radius 3 is 2.58 bits per heavy atom. The van der Waals surface area contributed by atoms with Gasteiger partial charge in [0.15, 0.2) is 0 Å². The maximum absolute atomic E-state index is 12.8. The molecule has 0 aliphatic carbocycles. The summed E-state index contributed by atoms with van der Waals surface area (Å²) in [6.07, 6.45) is 2.10. The van der Waals surface area contributed by atoms with Crippen LogP contribution in [0.1, 0.15) is 46.2 Å². The van der Waals surface area contributed by atoms with E-state index >= 15 is 0 Å². The predicted octanol–water partition coefficient (Wildman–Crippen LogP) is 3.58. The molecular weight excluding hydrogens is 350 g/mol. The highest BCUT2D eigenvalue weighted by Crippen LogP contribution is 2.29. The fourth-order valence-electron chi connectivity index (χ4n) is 3.23. The summed E-state index contributed by atoms with van der Waals surface area (Å²) in [5.74, 6) is -0.375. The smallest absolute Gasteiger partial charge is 0.348 e. The lowest BCUT2D eigenvalue weighted by Crippen LogP contribution is -2.33. The van der Waals surface area contributed by atoms with Crippen LogP contribution in [-0.4, -0.2) is 47.7 Å². The van der Waals surface area contributed by atoms with Gasteiger partial charge in [-0.15, -0.1) is 11.3 Å². The second-order valence-corrected chi connectivity index (χ2v) is 7.79. The monoisotopic (exact) mass is 373 g/mol. The van der Waals surface area contributed by atoms with Crippen LogP contribution in [0.4, 0.5) is 0 Å². The van der Waals surface area contributed by atoms with Gasteiger partial charge in [0.05, 0.1) is 12.7 Å². The van der Waals surface area contributed by atoms with Gasteiger partial charge in [-0.1, -0.05) is 12.1 Å². The van der Waals surface area contributed by atoms with Gasteiger partial charge in [-0.25, -0.2) is 4.79 Å². The number of carbonyl (C=O) groups excluding carboxylic acids is 2. The molecule has 1 fully saturated rings. The molecule has 1 N–H and O–H groups in total. The number of likely N-dealkylation sites (tertiary alicyclic amines) is 1. The third kappa shape index (κ3) is 3.97. The van der Waals surface area contributed by atoms with E-state index in [1.54, 1.807) is 17.0 Å². The maximum atomic E-state index is 12.8. The molecular formula is C20H23NO4S. The number of methoxy groups -OCH3 is 1. The van der Waals surface area contributed by atoms with E-state index in [0.29, 0.717) is 36.4 Å². The molecule has 5 nitrogen and oxygen atoms in total. The van der Waals surface area contributed by atoms with Crippen molar-refractivity contribution in [1.29, 1.82) is 0 Å². The van der Waals surface area contributed by atoms with Gasteiger partial charge in [-0.05, 0) is 55.3 Å². The number of ether oxygens (including phenoxy) is 1. The van der Waals surface area contributed by atoms with Crippen LogP contribution in [0.5, 0.6) is 0 Å². The number of carbonyl (C=O) groups is 2. The topological polar surface area (TPSA) is 66.8 Å². The molecule has 0 unspecified atom stereocenters. The summed E-state index contributed by atoms with van der Waals surface area (Å²) in [5.41, 5.74) is 1.61. The quantitative estimate of drug-likeness (QED) is 0.835. The molecule has 0 radical (unpaired) electrons. The average Bonchev–Trinajstić information content (AvgIpc) is 3.05. The van der Waals surface area contributed by atoms with Crippen molar-refractivity contribution < 1.29 is 19.4 Å². The molecule has 2 aromatic rings. The molecule has 1 saturated heterocycles. The van der Waals surface area contributed by atoms with Crippen LogP contribution in [0.2, 0.25) is 0 Å². The Bertz CT molecular complexity index is 794. The Balaban J connectivity index is 1.77. The Morgan fingerprint density at radius 1 is 1.15 bits per heavy atom. The van der Waals surface area contributed by atoms with Crippen molar-refractivity contribution in [2.75, 3.05) is 20.2 Å². The first-order chi connectivity index (χ1) is 12.4. The van der Waals surface area contributed by atoms with E-state index in [1.807, 2.05) is 30.5 Å². The van der Waals surface area contributed by atoms with Crippen molar-refractivity contribution in [2.24, 2.45) is 0 Å². The van der Waals surface area contributed by atoms with Gasteiger partial charge in [0.1, 0.15) is 4.88 Å². The SMILES string of the molecule is COC(=O)c1sccc1-c1ccc(C(=O)N2CCC[C@](C)(O)CC2)cc1. The van der Waals surface area contributed by atoms with Crippen LogP contribution in [0, 0.1) is 0 Å². The standard InChI is InChI=1S/C20H23NO4S/c1-20(24)9-3-11-21(12-10-20)18(22)15-6-4-14(5-7-15)16-8-13-26-17(16)19(23)25-2/h4-8,13,24H,3,9-12H2,1-2H3/t20-/m0/s1. The van der Waals surface area contributed by atoms with Crippen molar-refractivity contribution in [1.82, 2.24) is 4.90 Å². The van der Waals surface area contributed by atoms with Gasteiger partial charge in [-0.3, -0.25) is 4.79 Å². The summed E-state index contributed by atoms with van der Waals surface area (Å²) in [5, 5.41) is 12.0. The van der Waals surface area contributed by atoms with Gasteiger partial charge in [0, 0.05) is 24.2 Å². The van der Waals surface area contributed by atoms with Gasteiger partial charge < -0.3 is 14.7 Å². The Kier molecular flexibility index (Phi) is 5.44. The second-order valence-electron chi connectivity index (χ2n) is 6.88. The number of aliphatic hydroxyl groups is 1. The average molecular weight is 373 g/mol. The molecule has 1 aromatic heterocycles. The minimum Gasteiger partial charge on any atom is -0.465 e. The molecule has 1 atom stereocenters. The van der Waals surface area contributed by atoms with E-state index in [9.17, 15) is 14.7 Å². The number of benzene rings is 1. The molecule has 0 saturated carbocycles. The summed E-state index contributed by atoms with van der Waals surface area (Å²) in [6, 6.07) is 9.18. The maximum Gasteiger partial charge on any atom is 0.348 e. The van der Waals surface area contributed by atoms with Gasteiger partial charge in [0.25, 0.3) is 5.91 Å². The van der Waals surface area contributed by atoms with E-state index in [-0.39, 0.29) is 11.9 Å². The molecule has 1 aliphatic heterocycles. The third-order valence-electron chi connectivity index (χ3n) is 4.83. The molecule has 6 heteroatoms. The molecule has 26 heavy (non-hydrogen) atoms. The molecule has 1 aliphatic rings. The van der Waals surface area contributed by atoms with E-state index in [0.717, 1.165) is 17.5 Å². The first-order valence-corrected chi connectivity index (χ1v) is 9.57. The molecule has 0 spiro atoms. The van der Waals surface area contributed by atoms with Crippen LogP contribution < -0.4 is 0 Å². The van der Waals surface area contributed by atoms with Gasteiger partial charge in [-0.2, -0.15) is 0 Å². The van der Waals surface area contributed by atoms with Crippen molar-refractivity contribution >= 4 is 23.2 Å². The third-order valence-corrected chi connectivity index (χ3v) is 5.72. The first kappa shape index (κ1) is 18.6. The van der Waals surface area contributed by atoms with Crippen LogP contribution in [-0.2, 0) is 4.74 Å². The van der Waals surface area contributed by atoms with E-state index in [4.69, 9.17) is 4.74 Å². The van der Waals surface area contributed by atoms with Crippen LogP contribution in [0.15, 0.2) is 35.7 Å². The number of nitrogens with zero attached hydrogens (tertiary/aromatic N) is 1. The lowest BCUT2D eigenvalue weighted by molar-refractivity contribution is 0.0437.